The van der Waals surface area contributed by atoms with Crippen molar-refractivity contribution in [3.63, 3.8) is 0 Å². The number of hydrogen-bond donors (Lipinski definition) is 1. The lowest BCUT2D eigenvalue weighted by atomic mass is 10.2. The topological polar surface area (TPSA) is 70.0 Å². The minimum absolute atomic E-state index is 0.0263. The standard InChI is InChI=1S/C13H11ClN2O2S2/c1-9(12-3-2-6-19-12)16-20(17,18)13-5-4-10(8-15)7-11(13)14/h2-7,9,16H,1H3. The Labute approximate surface area is 126 Å². The number of rotatable bonds is 4. The molecule has 104 valence electrons. The van der Waals surface area contributed by atoms with Crippen LogP contribution in [0.25, 0.3) is 0 Å². The summed E-state index contributed by atoms with van der Waals surface area (Å²) in [6.45, 7) is 1.76. The van der Waals surface area contributed by atoms with E-state index < -0.39 is 10.0 Å². The molecule has 0 fully saturated rings. The number of nitrogens with one attached hydrogen (secondary N) is 1. The van der Waals surface area contributed by atoms with Crippen LogP contribution >= 0.6 is 22.9 Å². The van der Waals surface area contributed by atoms with E-state index in [1.54, 1.807) is 6.92 Å². The lowest BCUT2D eigenvalue weighted by Crippen LogP contribution is -2.26. The van der Waals surface area contributed by atoms with Gasteiger partial charge >= 0.3 is 0 Å². The first-order chi connectivity index (χ1) is 9.44. The van der Waals surface area contributed by atoms with Crippen LogP contribution in [0.1, 0.15) is 23.4 Å². The molecular formula is C13H11ClN2O2S2. The van der Waals surface area contributed by atoms with Gasteiger partial charge < -0.3 is 0 Å². The van der Waals surface area contributed by atoms with Crippen molar-refractivity contribution in [2.24, 2.45) is 0 Å². The van der Waals surface area contributed by atoms with E-state index in [1.807, 2.05) is 23.6 Å². The molecule has 1 unspecified atom stereocenters. The minimum atomic E-state index is -3.73. The molecule has 4 nitrogen and oxygen atoms in total. The van der Waals surface area contributed by atoms with Gasteiger partial charge in [-0.05, 0) is 36.6 Å². The zero-order valence-electron chi connectivity index (χ0n) is 10.5. The third kappa shape index (κ3) is 3.19. The fraction of sp³-hybridized carbons (Fsp3) is 0.154. The van der Waals surface area contributed by atoms with Crippen LogP contribution in [0, 0.1) is 11.3 Å². The van der Waals surface area contributed by atoms with Crippen LogP contribution in [-0.2, 0) is 10.0 Å². The molecule has 0 aliphatic carbocycles. The highest BCUT2D eigenvalue weighted by atomic mass is 35.5. The number of benzene rings is 1. The van der Waals surface area contributed by atoms with Crippen LogP contribution in [0.5, 0.6) is 0 Å². The Morgan fingerprint density at radius 2 is 2.15 bits per heavy atom. The summed E-state index contributed by atoms with van der Waals surface area (Å²) in [5, 5.41) is 10.7. The second-order valence-electron chi connectivity index (χ2n) is 4.12. The zero-order chi connectivity index (χ0) is 14.8. The van der Waals surface area contributed by atoms with E-state index in [0.29, 0.717) is 5.56 Å². The highest BCUT2D eigenvalue weighted by Gasteiger charge is 2.21. The van der Waals surface area contributed by atoms with Gasteiger partial charge in [0.05, 0.1) is 22.7 Å². The normalized spacial score (nSPS) is 12.8. The predicted octanol–water partition coefficient (Wildman–Crippen LogP) is 3.31. The summed E-state index contributed by atoms with van der Waals surface area (Å²) in [6.07, 6.45) is 0. The van der Waals surface area contributed by atoms with Gasteiger partial charge in [0.1, 0.15) is 4.90 Å². The van der Waals surface area contributed by atoms with E-state index >= 15 is 0 Å². The van der Waals surface area contributed by atoms with E-state index in [1.165, 1.54) is 29.5 Å². The van der Waals surface area contributed by atoms with Gasteiger partial charge in [-0.15, -0.1) is 11.3 Å². The SMILES string of the molecule is CC(NS(=O)(=O)c1ccc(C#N)cc1Cl)c1cccs1. The molecule has 1 atom stereocenters. The maximum atomic E-state index is 12.3. The molecule has 2 rings (SSSR count). The fourth-order valence-corrected chi connectivity index (χ4v) is 4.26. The van der Waals surface area contributed by atoms with Crippen LogP contribution < -0.4 is 4.72 Å². The molecule has 0 aliphatic rings. The predicted molar refractivity (Wildman–Crippen MR) is 79.2 cm³/mol. The smallest absolute Gasteiger partial charge is 0.207 e. The second kappa shape index (κ2) is 5.94. The highest BCUT2D eigenvalue weighted by Crippen LogP contribution is 2.25. The number of nitrogens with zero attached hydrogens (tertiary/aromatic N) is 1. The highest BCUT2D eigenvalue weighted by molar-refractivity contribution is 7.89. The van der Waals surface area contributed by atoms with Crippen molar-refractivity contribution in [2.75, 3.05) is 0 Å². The van der Waals surface area contributed by atoms with Crippen LogP contribution in [-0.4, -0.2) is 8.42 Å². The van der Waals surface area contributed by atoms with Crippen LogP contribution in [0.4, 0.5) is 0 Å². The molecule has 2 aromatic rings. The number of sulfonamides is 1. The average molecular weight is 327 g/mol. The summed E-state index contributed by atoms with van der Waals surface area (Å²) in [5.41, 5.74) is 0.320. The first-order valence-corrected chi connectivity index (χ1v) is 8.43. The maximum Gasteiger partial charge on any atom is 0.242 e. The molecule has 0 bridgehead atoms. The van der Waals surface area contributed by atoms with Crippen LogP contribution in [0.2, 0.25) is 5.02 Å². The van der Waals surface area contributed by atoms with Gasteiger partial charge in [-0.3, -0.25) is 0 Å². The van der Waals surface area contributed by atoms with Gasteiger partial charge in [-0.25, -0.2) is 13.1 Å². The quantitative estimate of drug-likeness (QED) is 0.937. The fourth-order valence-electron chi connectivity index (χ4n) is 1.68. The first kappa shape index (κ1) is 15.0. The molecule has 0 aliphatic heterocycles. The van der Waals surface area contributed by atoms with Gasteiger partial charge in [-0.2, -0.15) is 5.26 Å². The Hall–Kier alpha value is -1.39. The molecular weight excluding hydrogens is 316 g/mol. The van der Waals surface area contributed by atoms with Crippen molar-refractivity contribution in [1.82, 2.24) is 4.72 Å². The summed E-state index contributed by atoms with van der Waals surface area (Å²) in [4.78, 5) is 0.889. The van der Waals surface area contributed by atoms with Gasteiger partial charge in [0, 0.05) is 4.88 Å². The third-order valence-electron chi connectivity index (χ3n) is 2.65. The number of nitriles is 1. The molecule has 0 radical (unpaired) electrons. The summed E-state index contributed by atoms with van der Waals surface area (Å²) >= 11 is 7.41. The molecule has 0 saturated heterocycles. The summed E-state index contributed by atoms with van der Waals surface area (Å²) < 4.78 is 27.1. The zero-order valence-corrected chi connectivity index (χ0v) is 12.9. The Balaban J connectivity index is 2.29. The van der Waals surface area contributed by atoms with Crippen LogP contribution in [0.15, 0.2) is 40.6 Å². The Morgan fingerprint density at radius 1 is 1.40 bits per heavy atom. The van der Waals surface area contributed by atoms with E-state index in [9.17, 15) is 8.42 Å². The summed E-state index contributed by atoms with van der Waals surface area (Å²) in [6, 6.07) is 9.39. The molecule has 7 heteroatoms. The Kier molecular flexibility index (Phi) is 4.45. The molecule has 0 amide bonds. The van der Waals surface area contributed by atoms with Crippen LogP contribution in [0.3, 0.4) is 0 Å². The maximum absolute atomic E-state index is 12.3. The average Bonchev–Trinajstić information content (AvgIpc) is 2.91. The van der Waals surface area contributed by atoms with Crippen molar-refractivity contribution in [3.8, 4) is 6.07 Å². The molecule has 1 heterocycles. The number of halogens is 1. The third-order valence-corrected chi connectivity index (χ3v) is 5.73. The van der Waals surface area contributed by atoms with E-state index in [2.05, 4.69) is 4.72 Å². The van der Waals surface area contributed by atoms with Crippen molar-refractivity contribution >= 4 is 33.0 Å². The van der Waals surface area contributed by atoms with Crippen molar-refractivity contribution < 1.29 is 8.42 Å². The Bertz CT molecular complexity index is 749. The molecule has 1 aromatic carbocycles. The molecule has 20 heavy (non-hydrogen) atoms. The van der Waals surface area contributed by atoms with E-state index in [4.69, 9.17) is 16.9 Å². The second-order valence-corrected chi connectivity index (χ2v) is 7.18. The van der Waals surface area contributed by atoms with Crippen molar-refractivity contribution in [1.29, 1.82) is 5.26 Å². The number of hydrogen-bond acceptors (Lipinski definition) is 4. The molecule has 0 spiro atoms. The minimum Gasteiger partial charge on any atom is -0.207 e. The summed E-state index contributed by atoms with van der Waals surface area (Å²) in [5.74, 6) is 0. The van der Waals surface area contributed by atoms with Gasteiger partial charge in [0.15, 0.2) is 0 Å². The first-order valence-electron chi connectivity index (χ1n) is 5.69. The van der Waals surface area contributed by atoms with Gasteiger partial charge in [0.25, 0.3) is 0 Å². The largest absolute Gasteiger partial charge is 0.242 e. The molecule has 1 aromatic heterocycles. The lowest BCUT2D eigenvalue weighted by Gasteiger charge is -2.13. The Morgan fingerprint density at radius 3 is 2.70 bits per heavy atom. The molecule has 1 N–H and O–H groups in total. The van der Waals surface area contributed by atoms with Crippen molar-refractivity contribution in [3.05, 3.63) is 51.2 Å². The van der Waals surface area contributed by atoms with E-state index in [-0.39, 0.29) is 16.0 Å². The molecule has 0 saturated carbocycles. The van der Waals surface area contributed by atoms with E-state index in [0.717, 1.165) is 4.88 Å². The lowest BCUT2D eigenvalue weighted by molar-refractivity contribution is 0.568. The monoisotopic (exact) mass is 326 g/mol. The summed E-state index contributed by atoms with van der Waals surface area (Å²) in [7, 11) is -3.73. The van der Waals surface area contributed by atoms with Crippen molar-refractivity contribution in [2.45, 2.75) is 17.9 Å². The van der Waals surface area contributed by atoms with Gasteiger partial charge in [-0.1, -0.05) is 17.7 Å². The number of thiophene rings is 1. The van der Waals surface area contributed by atoms with Gasteiger partial charge in [0.2, 0.25) is 10.0 Å².